The lowest BCUT2D eigenvalue weighted by atomic mass is 9.82. The van der Waals surface area contributed by atoms with Crippen molar-refractivity contribution in [2.75, 3.05) is 11.9 Å². The van der Waals surface area contributed by atoms with Gasteiger partial charge in [-0.1, -0.05) is 52.0 Å². The summed E-state index contributed by atoms with van der Waals surface area (Å²) in [5.41, 5.74) is 6.22. The number of benzene rings is 1. The molecule has 0 radical (unpaired) electrons. The smallest absolute Gasteiger partial charge is 0.192 e. The average Bonchev–Trinajstić information content (AvgIpc) is 2.81. The number of Topliss-reactive ketones (excluding diaryl/α,β-unsaturated/α-hetero) is 1. The molecule has 0 spiro atoms. The van der Waals surface area contributed by atoms with Crippen LogP contribution in [0.1, 0.15) is 40.2 Å². The molecule has 1 aliphatic carbocycles. The van der Waals surface area contributed by atoms with Gasteiger partial charge in [0.15, 0.2) is 12.1 Å². The van der Waals surface area contributed by atoms with E-state index in [0.717, 1.165) is 11.1 Å². The molecule has 0 N–H and O–H groups in total. The normalized spacial score (nSPS) is 22.0. The van der Waals surface area contributed by atoms with Crippen molar-refractivity contribution in [1.82, 2.24) is 0 Å². The Morgan fingerprint density at radius 2 is 1.78 bits per heavy atom. The molecule has 0 saturated heterocycles. The molecule has 1 aliphatic heterocycles. The third kappa shape index (κ3) is 3.01. The fraction of sp³-hybridized carbons (Fsp3) is 0.333. The van der Waals surface area contributed by atoms with E-state index in [0.29, 0.717) is 11.9 Å². The van der Waals surface area contributed by atoms with Crippen LogP contribution >= 0.6 is 0 Å². The van der Waals surface area contributed by atoms with Crippen molar-refractivity contribution in [3.05, 3.63) is 76.0 Å². The van der Waals surface area contributed by atoms with Gasteiger partial charge in [-0.15, -0.1) is 0 Å². The Balaban J connectivity index is 2.10. The summed E-state index contributed by atoms with van der Waals surface area (Å²) in [7, 11) is 2.08. The summed E-state index contributed by atoms with van der Waals surface area (Å²) >= 11 is 0. The number of anilines is 1. The van der Waals surface area contributed by atoms with Crippen LogP contribution in [0.25, 0.3) is 0 Å². The maximum atomic E-state index is 12.5. The van der Waals surface area contributed by atoms with E-state index in [9.17, 15) is 9.59 Å². The molecule has 1 aromatic rings. The van der Waals surface area contributed by atoms with Crippen molar-refractivity contribution in [3.8, 4) is 0 Å². The van der Waals surface area contributed by atoms with Crippen LogP contribution in [0.15, 0.2) is 70.5 Å². The van der Waals surface area contributed by atoms with E-state index in [1.165, 1.54) is 16.9 Å². The van der Waals surface area contributed by atoms with E-state index in [1.807, 2.05) is 32.9 Å². The first kappa shape index (κ1) is 19.1. The number of rotatable bonds is 3. The predicted octanol–water partition coefficient (Wildman–Crippen LogP) is 4.90. The molecule has 0 atom stereocenters. The summed E-state index contributed by atoms with van der Waals surface area (Å²) < 4.78 is 0. The molecule has 27 heavy (non-hydrogen) atoms. The van der Waals surface area contributed by atoms with Gasteiger partial charge in [0.25, 0.3) is 0 Å². The fourth-order valence-corrected chi connectivity index (χ4v) is 4.04. The van der Waals surface area contributed by atoms with Crippen LogP contribution in [0, 0.1) is 5.92 Å². The van der Waals surface area contributed by atoms with Crippen LogP contribution in [0.5, 0.6) is 0 Å². The standard InChI is InChI=1S/C24H27NO2/c1-15(2)18-13-17(16(3)19(14-26)23(18)27)11-12-22-24(4,5)20-9-7-8-10-21(20)25(22)6/h7-15H,1-6H3. The Morgan fingerprint density at radius 3 is 2.37 bits per heavy atom. The zero-order valence-corrected chi connectivity index (χ0v) is 17.0. The number of likely N-dealkylation sites (N-methyl/N-ethyl adjacent to an activating group) is 1. The first-order valence-corrected chi connectivity index (χ1v) is 9.38. The highest BCUT2D eigenvalue weighted by atomic mass is 16.1. The van der Waals surface area contributed by atoms with Gasteiger partial charge < -0.3 is 4.90 Å². The number of para-hydroxylation sites is 1. The van der Waals surface area contributed by atoms with E-state index < -0.39 is 0 Å². The molecule has 3 nitrogen and oxygen atoms in total. The van der Waals surface area contributed by atoms with E-state index in [2.05, 4.69) is 56.1 Å². The summed E-state index contributed by atoms with van der Waals surface area (Å²) in [6, 6.07) is 8.44. The van der Waals surface area contributed by atoms with Crippen LogP contribution in [-0.2, 0) is 15.0 Å². The minimum Gasteiger partial charge on any atom is -0.347 e. The molecule has 0 fully saturated rings. The minimum atomic E-state index is -0.145. The second-order valence-corrected chi connectivity index (χ2v) is 8.12. The van der Waals surface area contributed by atoms with Crippen molar-refractivity contribution in [1.29, 1.82) is 0 Å². The van der Waals surface area contributed by atoms with Crippen LogP contribution in [-0.4, -0.2) is 19.1 Å². The predicted molar refractivity (Wildman–Crippen MR) is 111 cm³/mol. The number of ketones is 1. The second kappa shape index (κ2) is 6.80. The molecule has 1 heterocycles. The molecular formula is C24H27NO2. The van der Waals surface area contributed by atoms with Gasteiger partial charge in [0.1, 0.15) is 0 Å². The average molecular weight is 361 g/mol. The third-order valence-electron chi connectivity index (χ3n) is 5.76. The van der Waals surface area contributed by atoms with Crippen LogP contribution in [0.3, 0.4) is 0 Å². The summed E-state index contributed by atoms with van der Waals surface area (Å²) in [5, 5.41) is 0. The first-order chi connectivity index (χ1) is 12.7. The number of carbonyl (C=O) groups excluding carboxylic acids is 2. The molecule has 0 saturated carbocycles. The lowest BCUT2D eigenvalue weighted by molar-refractivity contribution is -0.115. The number of hydrogen-bond donors (Lipinski definition) is 0. The zero-order valence-electron chi connectivity index (χ0n) is 17.0. The van der Waals surface area contributed by atoms with Crippen LogP contribution < -0.4 is 4.90 Å². The van der Waals surface area contributed by atoms with E-state index in [4.69, 9.17) is 0 Å². The lowest BCUT2D eigenvalue weighted by Crippen LogP contribution is -2.22. The zero-order chi connectivity index (χ0) is 19.9. The van der Waals surface area contributed by atoms with Crippen molar-refractivity contribution in [2.24, 2.45) is 5.92 Å². The largest absolute Gasteiger partial charge is 0.347 e. The maximum Gasteiger partial charge on any atom is 0.192 e. The molecular weight excluding hydrogens is 334 g/mol. The topological polar surface area (TPSA) is 37.4 Å². The number of allylic oxidation sites excluding steroid dienone is 8. The first-order valence-electron chi connectivity index (χ1n) is 9.38. The summed E-state index contributed by atoms with van der Waals surface area (Å²) in [5.74, 6) is -0.0699. The molecule has 0 amide bonds. The Labute approximate surface area is 161 Å². The number of fused-ring (bicyclic) bond motifs is 1. The van der Waals surface area contributed by atoms with Crippen molar-refractivity contribution >= 4 is 17.8 Å². The SMILES string of the molecule is CC1=C(C=O)C(=O)C(C(C)C)=CC1=CC=C1N(C)c2ccccc2C1(C)C. The van der Waals surface area contributed by atoms with Gasteiger partial charge in [-0.2, -0.15) is 0 Å². The summed E-state index contributed by atoms with van der Waals surface area (Å²) in [4.78, 5) is 26.2. The molecule has 140 valence electrons. The molecule has 2 aliphatic rings. The van der Waals surface area contributed by atoms with Crippen molar-refractivity contribution < 1.29 is 9.59 Å². The Kier molecular flexibility index (Phi) is 4.81. The van der Waals surface area contributed by atoms with Gasteiger partial charge in [0.05, 0.1) is 5.57 Å². The van der Waals surface area contributed by atoms with Crippen LogP contribution in [0.2, 0.25) is 0 Å². The Hall–Kier alpha value is -2.68. The van der Waals surface area contributed by atoms with Gasteiger partial charge in [-0.05, 0) is 47.8 Å². The highest BCUT2D eigenvalue weighted by Crippen LogP contribution is 2.46. The second-order valence-electron chi connectivity index (χ2n) is 8.12. The Bertz CT molecular complexity index is 939. The highest BCUT2D eigenvalue weighted by molar-refractivity contribution is 6.22. The third-order valence-corrected chi connectivity index (χ3v) is 5.76. The van der Waals surface area contributed by atoms with Gasteiger partial charge in [0.2, 0.25) is 0 Å². The van der Waals surface area contributed by atoms with Gasteiger partial charge in [0, 0.05) is 29.4 Å². The van der Waals surface area contributed by atoms with E-state index >= 15 is 0 Å². The summed E-state index contributed by atoms with van der Waals surface area (Å²) in [6.07, 6.45) is 6.77. The number of hydrogen-bond acceptors (Lipinski definition) is 3. The molecule has 3 rings (SSSR count). The van der Waals surface area contributed by atoms with E-state index in [1.54, 1.807) is 0 Å². The summed E-state index contributed by atoms with van der Waals surface area (Å²) in [6.45, 7) is 10.2. The highest BCUT2D eigenvalue weighted by Gasteiger charge is 2.37. The monoisotopic (exact) mass is 361 g/mol. The number of carbonyl (C=O) groups is 2. The fourth-order valence-electron chi connectivity index (χ4n) is 4.04. The Morgan fingerprint density at radius 1 is 1.11 bits per heavy atom. The molecule has 0 bridgehead atoms. The maximum absolute atomic E-state index is 12.5. The molecule has 1 aromatic carbocycles. The van der Waals surface area contributed by atoms with Gasteiger partial charge >= 0.3 is 0 Å². The molecule has 3 heteroatoms. The van der Waals surface area contributed by atoms with Crippen molar-refractivity contribution in [3.63, 3.8) is 0 Å². The number of aldehydes is 1. The quantitative estimate of drug-likeness (QED) is 0.567. The van der Waals surface area contributed by atoms with Crippen molar-refractivity contribution in [2.45, 2.75) is 40.0 Å². The molecule has 0 unspecified atom stereocenters. The van der Waals surface area contributed by atoms with E-state index in [-0.39, 0.29) is 22.7 Å². The molecule has 0 aromatic heterocycles. The number of nitrogens with zero attached hydrogens (tertiary/aromatic N) is 1. The van der Waals surface area contributed by atoms with Gasteiger partial charge in [-0.25, -0.2) is 0 Å². The van der Waals surface area contributed by atoms with Crippen LogP contribution in [0.4, 0.5) is 5.69 Å². The minimum absolute atomic E-state index is 0.0754. The lowest BCUT2D eigenvalue weighted by Gasteiger charge is -2.24. The van der Waals surface area contributed by atoms with Gasteiger partial charge in [-0.3, -0.25) is 9.59 Å².